The molecule has 0 saturated heterocycles. The number of rotatable bonds is 8. The number of benzene rings is 4. The van der Waals surface area contributed by atoms with Crippen LogP contribution >= 0.6 is 11.8 Å². The molecule has 4 rings (SSSR count). The van der Waals surface area contributed by atoms with Crippen molar-refractivity contribution in [3.63, 3.8) is 0 Å². The van der Waals surface area contributed by atoms with Gasteiger partial charge in [-0.3, -0.25) is 4.79 Å². The standard InChI is InChI=1S/C30H27NOS/c1-24(31-23-25-14-6-2-7-15-25)22-29(32)33-30(26-16-8-3-9-17-26,27-18-10-4-11-19-27)28-20-12-5-13-21-28/h2-22,31H,23H2,1H3/b24-22+. The number of hydrogen-bond donors (Lipinski definition) is 1. The largest absolute Gasteiger partial charge is 0.384 e. The van der Waals surface area contributed by atoms with Gasteiger partial charge in [-0.2, -0.15) is 0 Å². The number of thioether (sulfide) groups is 1. The fourth-order valence-electron chi connectivity index (χ4n) is 3.94. The Balaban J connectivity index is 1.70. The highest BCUT2D eigenvalue weighted by molar-refractivity contribution is 8.15. The highest BCUT2D eigenvalue weighted by atomic mass is 32.2. The maximum absolute atomic E-state index is 13.4. The molecule has 0 unspecified atom stereocenters. The van der Waals surface area contributed by atoms with Crippen molar-refractivity contribution in [2.75, 3.05) is 0 Å². The Kier molecular flexibility index (Phi) is 7.43. The zero-order valence-corrected chi connectivity index (χ0v) is 19.5. The topological polar surface area (TPSA) is 29.1 Å². The van der Waals surface area contributed by atoms with Gasteiger partial charge in [-0.25, -0.2) is 0 Å². The average Bonchev–Trinajstić information content (AvgIpc) is 2.88. The lowest BCUT2D eigenvalue weighted by Crippen LogP contribution is -2.27. The van der Waals surface area contributed by atoms with Gasteiger partial charge in [-0.05, 0) is 29.2 Å². The summed E-state index contributed by atoms with van der Waals surface area (Å²) in [6, 6.07) is 41.0. The molecule has 0 radical (unpaired) electrons. The Morgan fingerprint density at radius 2 is 1.09 bits per heavy atom. The first-order valence-corrected chi connectivity index (χ1v) is 11.9. The van der Waals surface area contributed by atoms with Gasteiger partial charge in [-0.15, -0.1) is 0 Å². The summed E-state index contributed by atoms with van der Waals surface area (Å²) >= 11 is 1.35. The van der Waals surface area contributed by atoms with E-state index in [0.29, 0.717) is 6.54 Å². The van der Waals surface area contributed by atoms with Crippen LogP contribution in [-0.2, 0) is 16.1 Å². The smallest absolute Gasteiger partial charge is 0.215 e. The van der Waals surface area contributed by atoms with E-state index in [4.69, 9.17) is 0 Å². The summed E-state index contributed by atoms with van der Waals surface area (Å²) < 4.78 is -0.656. The molecule has 0 spiro atoms. The molecule has 0 aliphatic carbocycles. The van der Waals surface area contributed by atoms with E-state index in [1.54, 1.807) is 6.08 Å². The molecule has 4 aromatic carbocycles. The first kappa shape index (κ1) is 22.6. The van der Waals surface area contributed by atoms with Gasteiger partial charge < -0.3 is 5.32 Å². The first-order valence-electron chi connectivity index (χ1n) is 11.0. The normalized spacial score (nSPS) is 11.7. The Labute approximate surface area is 200 Å². The lowest BCUT2D eigenvalue weighted by Gasteiger charge is -2.34. The Morgan fingerprint density at radius 3 is 1.52 bits per heavy atom. The molecule has 0 saturated carbocycles. The molecular formula is C30H27NOS. The molecule has 0 atom stereocenters. The van der Waals surface area contributed by atoms with E-state index in [1.165, 1.54) is 17.3 Å². The Hall–Kier alpha value is -3.56. The summed E-state index contributed by atoms with van der Waals surface area (Å²) in [5.41, 5.74) is 5.24. The molecule has 0 aliphatic heterocycles. The Bertz CT molecular complexity index is 1090. The molecular weight excluding hydrogens is 422 g/mol. The van der Waals surface area contributed by atoms with E-state index in [-0.39, 0.29) is 5.12 Å². The molecule has 0 aliphatic rings. The molecule has 0 fully saturated rings. The van der Waals surface area contributed by atoms with Gasteiger partial charge in [0.25, 0.3) is 0 Å². The molecule has 0 aromatic heterocycles. The number of carbonyl (C=O) groups excluding carboxylic acids is 1. The molecule has 0 heterocycles. The van der Waals surface area contributed by atoms with Gasteiger partial charge in [0.2, 0.25) is 5.12 Å². The predicted molar refractivity (Wildman–Crippen MR) is 139 cm³/mol. The van der Waals surface area contributed by atoms with Gasteiger partial charge in [0, 0.05) is 18.3 Å². The minimum atomic E-state index is -0.656. The number of hydrogen-bond acceptors (Lipinski definition) is 3. The van der Waals surface area contributed by atoms with E-state index in [0.717, 1.165) is 22.4 Å². The van der Waals surface area contributed by atoms with Crippen LogP contribution in [0.15, 0.2) is 133 Å². The van der Waals surface area contributed by atoms with Gasteiger partial charge in [0.1, 0.15) is 0 Å². The van der Waals surface area contributed by atoms with Crippen LogP contribution in [0.2, 0.25) is 0 Å². The van der Waals surface area contributed by atoms with Crippen LogP contribution in [0.1, 0.15) is 29.2 Å². The van der Waals surface area contributed by atoms with Crippen LogP contribution in [0.5, 0.6) is 0 Å². The quantitative estimate of drug-likeness (QED) is 0.233. The number of carbonyl (C=O) groups is 1. The van der Waals surface area contributed by atoms with Crippen molar-refractivity contribution in [2.45, 2.75) is 18.2 Å². The third kappa shape index (κ3) is 5.44. The summed E-state index contributed by atoms with van der Waals surface area (Å²) in [7, 11) is 0. The minimum absolute atomic E-state index is 0.00428. The van der Waals surface area contributed by atoms with Crippen molar-refractivity contribution >= 4 is 16.9 Å². The molecule has 4 aromatic rings. The average molecular weight is 450 g/mol. The van der Waals surface area contributed by atoms with Crippen molar-refractivity contribution in [3.05, 3.63) is 155 Å². The van der Waals surface area contributed by atoms with E-state index in [2.05, 4.69) is 53.8 Å². The van der Waals surface area contributed by atoms with E-state index in [9.17, 15) is 4.79 Å². The molecule has 1 N–H and O–H groups in total. The van der Waals surface area contributed by atoms with E-state index in [1.807, 2.05) is 79.7 Å². The van der Waals surface area contributed by atoms with Crippen molar-refractivity contribution in [1.29, 1.82) is 0 Å². The van der Waals surface area contributed by atoms with Gasteiger partial charge in [0.15, 0.2) is 0 Å². The second-order valence-corrected chi connectivity index (χ2v) is 9.09. The molecule has 2 nitrogen and oxygen atoms in total. The zero-order chi connectivity index (χ0) is 22.9. The van der Waals surface area contributed by atoms with Crippen molar-refractivity contribution in [1.82, 2.24) is 5.32 Å². The predicted octanol–water partition coefficient (Wildman–Crippen LogP) is 6.93. The fraction of sp³-hybridized carbons (Fsp3) is 0.100. The lowest BCUT2D eigenvalue weighted by atomic mass is 9.84. The molecule has 0 bridgehead atoms. The highest BCUT2D eigenvalue weighted by Crippen LogP contribution is 2.48. The maximum atomic E-state index is 13.4. The molecule has 0 amide bonds. The highest BCUT2D eigenvalue weighted by Gasteiger charge is 2.39. The summed E-state index contributed by atoms with van der Waals surface area (Å²) in [6.45, 7) is 2.62. The van der Waals surface area contributed by atoms with E-state index < -0.39 is 4.75 Å². The summed E-state index contributed by atoms with van der Waals surface area (Å²) in [5, 5.41) is 3.37. The van der Waals surface area contributed by atoms with Crippen LogP contribution in [0.25, 0.3) is 0 Å². The monoisotopic (exact) mass is 449 g/mol. The summed E-state index contributed by atoms with van der Waals surface area (Å²) in [4.78, 5) is 13.4. The number of allylic oxidation sites excluding steroid dienone is 1. The van der Waals surface area contributed by atoms with Crippen LogP contribution in [0, 0.1) is 0 Å². The van der Waals surface area contributed by atoms with Crippen molar-refractivity contribution in [2.24, 2.45) is 0 Å². The van der Waals surface area contributed by atoms with Crippen molar-refractivity contribution < 1.29 is 4.79 Å². The summed E-state index contributed by atoms with van der Waals surface area (Å²) in [6.07, 6.45) is 1.71. The Morgan fingerprint density at radius 1 is 0.697 bits per heavy atom. The van der Waals surface area contributed by atoms with Gasteiger partial charge >= 0.3 is 0 Å². The second kappa shape index (κ2) is 10.8. The zero-order valence-electron chi connectivity index (χ0n) is 18.6. The van der Waals surface area contributed by atoms with Crippen LogP contribution in [0.3, 0.4) is 0 Å². The fourth-order valence-corrected chi connectivity index (χ4v) is 5.24. The SMILES string of the molecule is C/C(=C\C(=O)SC(c1ccccc1)(c1ccccc1)c1ccccc1)NCc1ccccc1. The van der Waals surface area contributed by atoms with Crippen LogP contribution < -0.4 is 5.32 Å². The summed E-state index contributed by atoms with van der Waals surface area (Å²) in [5.74, 6) is 0. The third-order valence-electron chi connectivity index (χ3n) is 5.54. The van der Waals surface area contributed by atoms with Gasteiger partial charge in [-0.1, -0.05) is 133 Å². The first-order chi connectivity index (χ1) is 16.2. The maximum Gasteiger partial charge on any atom is 0.215 e. The lowest BCUT2D eigenvalue weighted by molar-refractivity contribution is -0.107. The molecule has 33 heavy (non-hydrogen) atoms. The van der Waals surface area contributed by atoms with Crippen molar-refractivity contribution in [3.8, 4) is 0 Å². The van der Waals surface area contributed by atoms with Crippen LogP contribution in [-0.4, -0.2) is 5.12 Å². The number of nitrogens with one attached hydrogen (secondary N) is 1. The van der Waals surface area contributed by atoms with E-state index >= 15 is 0 Å². The minimum Gasteiger partial charge on any atom is -0.384 e. The molecule has 164 valence electrons. The van der Waals surface area contributed by atoms with Crippen LogP contribution in [0.4, 0.5) is 0 Å². The third-order valence-corrected chi connectivity index (χ3v) is 6.88. The molecule has 3 heteroatoms. The van der Waals surface area contributed by atoms with Gasteiger partial charge in [0.05, 0.1) is 4.75 Å². The second-order valence-electron chi connectivity index (χ2n) is 7.87.